The summed E-state index contributed by atoms with van der Waals surface area (Å²) in [4.78, 5) is 0. The topological polar surface area (TPSA) is 18.5 Å². The molecule has 3 rings (SSSR count). The first kappa shape index (κ1) is 9.34. The maximum atomic E-state index is 5.72. The number of fused-ring (bicyclic) bond motifs is 3. The van der Waals surface area contributed by atoms with Crippen LogP contribution < -0.4 is 9.31 Å². The molecule has 78 valence electrons. The Kier molecular flexibility index (Phi) is 2.10. The lowest BCUT2D eigenvalue weighted by Crippen LogP contribution is -2.24. The van der Waals surface area contributed by atoms with Crippen LogP contribution in [-0.2, 0) is 0 Å². The molecule has 1 aliphatic rings. The van der Waals surface area contributed by atoms with Crippen LogP contribution in [0.5, 0.6) is 11.5 Å². The van der Waals surface area contributed by atoms with E-state index in [0.717, 1.165) is 22.6 Å². The summed E-state index contributed by atoms with van der Waals surface area (Å²) in [6.45, 7) is 1.90. The van der Waals surface area contributed by atoms with Crippen molar-refractivity contribution >= 4 is 7.12 Å². The smallest absolute Gasteiger partial charge is 0.525 e. The van der Waals surface area contributed by atoms with Gasteiger partial charge in [0.25, 0.3) is 0 Å². The molecule has 0 spiro atoms. The minimum atomic E-state index is -0.259. The second-order valence-electron chi connectivity index (χ2n) is 3.80. The third-order valence-corrected chi connectivity index (χ3v) is 2.65. The van der Waals surface area contributed by atoms with E-state index in [-0.39, 0.29) is 7.12 Å². The molecule has 0 bridgehead atoms. The van der Waals surface area contributed by atoms with E-state index in [9.17, 15) is 0 Å². The van der Waals surface area contributed by atoms with Crippen molar-refractivity contribution in [3.8, 4) is 22.6 Å². The van der Waals surface area contributed by atoms with Crippen LogP contribution >= 0.6 is 0 Å². The van der Waals surface area contributed by atoms with E-state index in [1.807, 2.05) is 43.2 Å². The van der Waals surface area contributed by atoms with Crippen LogP contribution in [0.1, 0.15) is 0 Å². The van der Waals surface area contributed by atoms with Crippen molar-refractivity contribution in [3.63, 3.8) is 0 Å². The maximum absolute atomic E-state index is 5.72. The minimum absolute atomic E-state index is 0.259. The fourth-order valence-electron chi connectivity index (χ4n) is 1.97. The van der Waals surface area contributed by atoms with E-state index in [2.05, 4.69) is 12.1 Å². The van der Waals surface area contributed by atoms with Gasteiger partial charge in [0.1, 0.15) is 11.5 Å². The maximum Gasteiger partial charge on any atom is 0.591 e. The van der Waals surface area contributed by atoms with E-state index < -0.39 is 0 Å². The molecule has 0 fully saturated rings. The number of rotatable bonds is 0. The molecule has 0 aliphatic carbocycles. The van der Waals surface area contributed by atoms with E-state index >= 15 is 0 Å². The van der Waals surface area contributed by atoms with Crippen molar-refractivity contribution in [1.82, 2.24) is 0 Å². The lowest BCUT2D eigenvalue weighted by Gasteiger charge is -2.09. The molecule has 1 aliphatic heterocycles. The van der Waals surface area contributed by atoms with Crippen LogP contribution in [0.15, 0.2) is 48.5 Å². The Morgan fingerprint density at radius 2 is 1.19 bits per heavy atom. The van der Waals surface area contributed by atoms with E-state index in [0.29, 0.717) is 0 Å². The zero-order valence-corrected chi connectivity index (χ0v) is 9.01. The Balaban J connectivity index is 2.26. The minimum Gasteiger partial charge on any atom is -0.525 e. The quantitative estimate of drug-likeness (QED) is 0.621. The summed E-state index contributed by atoms with van der Waals surface area (Å²) in [7, 11) is -0.259. The van der Waals surface area contributed by atoms with Gasteiger partial charge in [0.2, 0.25) is 0 Å². The first-order valence-corrected chi connectivity index (χ1v) is 5.36. The van der Waals surface area contributed by atoms with Crippen molar-refractivity contribution in [3.05, 3.63) is 48.5 Å². The second kappa shape index (κ2) is 3.60. The molecule has 0 radical (unpaired) electrons. The molecule has 1 heterocycles. The highest BCUT2D eigenvalue weighted by Gasteiger charge is 2.23. The van der Waals surface area contributed by atoms with Crippen LogP contribution in [0, 0.1) is 0 Å². The average Bonchev–Trinajstić information content (AvgIpc) is 2.44. The Morgan fingerprint density at radius 1 is 0.750 bits per heavy atom. The van der Waals surface area contributed by atoms with Gasteiger partial charge >= 0.3 is 7.12 Å². The Morgan fingerprint density at radius 3 is 1.69 bits per heavy atom. The highest BCUT2D eigenvalue weighted by molar-refractivity contribution is 6.45. The van der Waals surface area contributed by atoms with Gasteiger partial charge in [-0.1, -0.05) is 36.4 Å². The van der Waals surface area contributed by atoms with Crippen molar-refractivity contribution in [2.45, 2.75) is 6.82 Å². The summed E-state index contributed by atoms with van der Waals surface area (Å²) < 4.78 is 11.4. The summed E-state index contributed by atoms with van der Waals surface area (Å²) in [5.74, 6) is 1.75. The van der Waals surface area contributed by atoms with Crippen molar-refractivity contribution in [2.24, 2.45) is 0 Å². The largest absolute Gasteiger partial charge is 0.591 e. The molecule has 0 saturated carbocycles. The molecule has 0 atom stereocenters. The lowest BCUT2D eigenvalue weighted by molar-refractivity contribution is 0.440. The zero-order valence-electron chi connectivity index (χ0n) is 9.01. The third-order valence-electron chi connectivity index (χ3n) is 2.65. The van der Waals surface area contributed by atoms with Gasteiger partial charge in [0.05, 0.1) is 0 Å². The van der Waals surface area contributed by atoms with Crippen molar-refractivity contribution < 1.29 is 9.31 Å². The molecule has 0 aromatic heterocycles. The molecule has 2 aromatic rings. The molecular formula is C13H11BO2. The van der Waals surface area contributed by atoms with E-state index in [1.54, 1.807) is 0 Å². The van der Waals surface area contributed by atoms with Crippen LogP contribution in [0.25, 0.3) is 11.1 Å². The fourth-order valence-corrected chi connectivity index (χ4v) is 1.97. The standard InChI is InChI=1S/C13H11BO2/c1-14-15-12-8-4-2-6-10(12)11-7-3-5-9-13(11)16-14/h2-9H,1H3. The molecule has 0 saturated heterocycles. The highest BCUT2D eigenvalue weighted by atomic mass is 16.6. The third kappa shape index (κ3) is 1.45. The van der Waals surface area contributed by atoms with Crippen LogP contribution in [0.3, 0.4) is 0 Å². The van der Waals surface area contributed by atoms with Crippen molar-refractivity contribution in [1.29, 1.82) is 0 Å². The number of hydrogen-bond acceptors (Lipinski definition) is 2. The molecule has 2 nitrogen and oxygen atoms in total. The molecule has 2 aromatic carbocycles. The highest BCUT2D eigenvalue weighted by Crippen LogP contribution is 2.38. The zero-order chi connectivity index (χ0) is 11.0. The number of hydrogen-bond donors (Lipinski definition) is 0. The summed E-state index contributed by atoms with van der Waals surface area (Å²) >= 11 is 0. The van der Waals surface area contributed by atoms with Crippen LogP contribution in [0.2, 0.25) is 6.82 Å². The summed E-state index contributed by atoms with van der Waals surface area (Å²) in [5.41, 5.74) is 2.17. The molecule has 3 heteroatoms. The van der Waals surface area contributed by atoms with Gasteiger partial charge in [0, 0.05) is 11.1 Å². The van der Waals surface area contributed by atoms with Gasteiger partial charge < -0.3 is 9.31 Å². The first-order chi connectivity index (χ1) is 7.84. The Bertz CT molecular complexity index is 477. The molecule has 16 heavy (non-hydrogen) atoms. The van der Waals surface area contributed by atoms with E-state index in [1.165, 1.54) is 0 Å². The molecule has 0 N–H and O–H groups in total. The summed E-state index contributed by atoms with van der Waals surface area (Å²) in [6, 6.07) is 16.0. The van der Waals surface area contributed by atoms with Crippen LogP contribution in [0.4, 0.5) is 0 Å². The normalized spacial score (nSPS) is 12.9. The van der Waals surface area contributed by atoms with Gasteiger partial charge in [-0.25, -0.2) is 0 Å². The predicted octanol–water partition coefficient (Wildman–Crippen LogP) is 3.24. The molecule has 0 unspecified atom stereocenters. The number of para-hydroxylation sites is 2. The van der Waals surface area contributed by atoms with Gasteiger partial charge in [-0.3, -0.25) is 0 Å². The number of benzene rings is 2. The first-order valence-electron chi connectivity index (χ1n) is 5.36. The predicted molar refractivity (Wildman–Crippen MR) is 64.8 cm³/mol. The van der Waals surface area contributed by atoms with Crippen molar-refractivity contribution in [2.75, 3.05) is 0 Å². The van der Waals surface area contributed by atoms with E-state index in [4.69, 9.17) is 9.31 Å². The lowest BCUT2D eigenvalue weighted by atomic mass is 9.95. The second-order valence-corrected chi connectivity index (χ2v) is 3.80. The van der Waals surface area contributed by atoms with Gasteiger partial charge in [-0.05, 0) is 19.0 Å². The Labute approximate surface area is 95.0 Å². The fraction of sp³-hybridized carbons (Fsp3) is 0.0769. The monoisotopic (exact) mass is 210 g/mol. The van der Waals surface area contributed by atoms with Gasteiger partial charge in [-0.2, -0.15) is 0 Å². The summed E-state index contributed by atoms with van der Waals surface area (Å²) in [6.07, 6.45) is 0. The molecular weight excluding hydrogens is 199 g/mol. The average molecular weight is 210 g/mol. The SMILES string of the molecule is CB1Oc2ccccc2-c2ccccc2O1. The Hall–Kier alpha value is -1.90. The van der Waals surface area contributed by atoms with Gasteiger partial charge in [-0.15, -0.1) is 0 Å². The van der Waals surface area contributed by atoms with Crippen LogP contribution in [-0.4, -0.2) is 7.12 Å². The summed E-state index contributed by atoms with van der Waals surface area (Å²) in [5, 5.41) is 0. The van der Waals surface area contributed by atoms with Gasteiger partial charge in [0.15, 0.2) is 0 Å². The molecule has 0 amide bonds.